The van der Waals surface area contributed by atoms with Crippen molar-refractivity contribution in [1.29, 1.82) is 0 Å². The molecule has 0 bridgehead atoms. The van der Waals surface area contributed by atoms with E-state index in [1.54, 1.807) is 10.9 Å². The fourth-order valence-electron chi connectivity index (χ4n) is 2.63. The molecule has 25 heavy (non-hydrogen) atoms. The Morgan fingerprint density at radius 2 is 2.00 bits per heavy atom. The van der Waals surface area contributed by atoms with Gasteiger partial charge >= 0.3 is 0 Å². The van der Waals surface area contributed by atoms with E-state index >= 15 is 0 Å². The quantitative estimate of drug-likeness (QED) is 0.533. The van der Waals surface area contributed by atoms with Crippen molar-refractivity contribution in [3.63, 3.8) is 0 Å². The molecule has 4 aromatic rings. The van der Waals surface area contributed by atoms with E-state index in [1.165, 1.54) is 0 Å². The lowest BCUT2D eigenvalue weighted by Crippen LogP contribution is -2.01. The second-order valence-corrected chi connectivity index (χ2v) is 6.66. The van der Waals surface area contributed by atoms with Gasteiger partial charge in [0.1, 0.15) is 16.0 Å². The molecule has 0 amide bonds. The van der Waals surface area contributed by atoms with Crippen molar-refractivity contribution in [3.8, 4) is 22.6 Å². The van der Waals surface area contributed by atoms with Crippen LogP contribution in [0, 0.1) is 0 Å². The highest BCUT2D eigenvalue weighted by atomic mass is 79.9. The minimum Gasteiger partial charge on any atom is -0.381 e. The molecule has 0 atom stereocenters. The molecule has 8 heteroatoms. The number of halogens is 2. The number of nitrogens with zero attached hydrogens (tertiary/aromatic N) is 5. The van der Waals surface area contributed by atoms with E-state index in [9.17, 15) is 0 Å². The zero-order chi connectivity index (χ0) is 17.6. The van der Waals surface area contributed by atoms with Crippen LogP contribution in [0.5, 0.6) is 0 Å². The van der Waals surface area contributed by atoms with E-state index in [-0.39, 0.29) is 0 Å². The highest BCUT2D eigenvalue weighted by molar-refractivity contribution is 9.10. The van der Waals surface area contributed by atoms with Crippen LogP contribution in [0.2, 0.25) is 5.02 Å². The number of hydrogen-bond donors (Lipinski definition) is 1. The minimum absolute atomic E-state index is 0.304. The number of nitrogens with two attached hydrogens (primary N) is 1. The summed E-state index contributed by atoms with van der Waals surface area (Å²) in [4.78, 5) is 13.4. The van der Waals surface area contributed by atoms with Gasteiger partial charge in [-0.1, -0.05) is 17.7 Å². The smallest absolute Gasteiger partial charge is 0.157 e. The van der Waals surface area contributed by atoms with Crippen LogP contribution in [0.25, 0.3) is 33.5 Å². The SMILES string of the molecule is Cn1ccc(-c2nc(N)c(Br)nc2-c2cc(Cl)c3ncccc3c2)n1. The zero-order valence-corrected chi connectivity index (χ0v) is 15.5. The fourth-order valence-corrected chi connectivity index (χ4v) is 3.18. The molecule has 3 aromatic heterocycles. The van der Waals surface area contributed by atoms with Gasteiger partial charge in [0.25, 0.3) is 0 Å². The van der Waals surface area contributed by atoms with Crippen LogP contribution < -0.4 is 5.73 Å². The minimum atomic E-state index is 0.304. The van der Waals surface area contributed by atoms with Gasteiger partial charge in [0.2, 0.25) is 0 Å². The highest BCUT2D eigenvalue weighted by Crippen LogP contribution is 2.35. The first kappa shape index (κ1) is 16.0. The molecule has 1 aromatic carbocycles. The average molecular weight is 416 g/mol. The van der Waals surface area contributed by atoms with Crippen LogP contribution in [-0.2, 0) is 7.05 Å². The summed E-state index contributed by atoms with van der Waals surface area (Å²) in [7, 11) is 1.84. The van der Waals surface area contributed by atoms with Crippen molar-refractivity contribution < 1.29 is 0 Å². The van der Waals surface area contributed by atoms with Crippen LogP contribution in [0.4, 0.5) is 5.82 Å². The number of hydrogen-bond acceptors (Lipinski definition) is 5. The van der Waals surface area contributed by atoms with Crippen molar-refractivity contribution in [2.45, 2.75) is 0 Å². The van der Waals surface area contributed by atoms with Crippen LogP contribution in [0.15, 0.2) is 47.3 Å². The third kappa shape index (κ3) is 2.85. The lowest BCUT2D eigenvalue weighted by Gasteiger charge is -2.10. The van der Waals surface area contributed by atoms with Crippen LogP contribution >= 0.6 is 27.5 Å². The summed E-state index contributed by atoms with van der Waals surface area (Å²) in [5, 5.41) is 5.89. The molecular formula is C17H12BrClN6. The molecule has 4 rings (SSSR count). The number of pyridine rings is 1. The van der Waals surface area contributed by atoms with E-state index in [1.807, 2.05) is 43.6 Å². The third-order valence-corrected chi connectivity index (χ3v) is 4.64. The Kier molecular flexibility index (Phi) is 3.89. The van der Waals surface area contributed by atoms with Crippen molar-refractivity contribution in [1.82, 2.24) is 24.7 Å². The molecular weight excluding hydrogens is 404 g/mol. The van der Waals surface area contributed by atoms with Gasteiger partial charge in [-0.25, -0.2) is 9.97 Å². The van der Waals surface area contributed by atoms with Crippen molar-refractivity contribution in [3.05, 3.63) is 52.4 Å². The fraction of sp³-hybridized carbons (Fsp3) is 0.0588. The van der Waals surface area contributed by atoms with E-state index in [4.69, 9.17) is 17.3 Å². The topological polar surface area (TPSA) is 82.5 Å². The Morgan fingerprint density at radius 1 is 1.16 bits per heavy atom. The predicted molar refractivity (Wildman–Crippen MR) is 102 cm³/mol. The van der Waals surface area contributed by atoms with Crippen molar-refractivity contribution >= 4 is 44.3 Å². The maximum absolute atomic E-state index is 6.42. The van der Waals surface area contributed by atoms with Crippen LogP contribution in [0.3, 0.4) is 0 Å². The Bertz CT molecular complexity index is 1110. The molecule has 3 heterocycles. The van der Waals surface area contributed by atoms with E-state index < -0.39 is 0 Å². The standard InChI is InChI=1S/C17H12BrClN6/c1-25-6-4-12(24-25)15-14(22-16(18)17(20)23-15)10-7-9-3-2-5-21-13(9)11(19)8-10/h2-8H,1H3,(H2,20,23). The Labute approximate surface area is 156 Å². The second kappa shape index (κ2) is 6.09. The number of anilines is 1. The first-order valence-electron chi connectivity index (χ1n) is 7.40. The normalized spacial score (nSPS) is 11.2. The van der Waals surface area contributed by atoms with E-state index in [0.717, 1.165) is 16.5 Å². The molecule has 0 aliphatic heterocycles. The van der Waals surface area contributed by atoms with Crippen molar-refractivity contribution in [2.75, 3.05) is 5.73 Å². The summed E-state index contributed by atoms with van der Waals surface area (Å²) >= 11 is 9.77. The number of fused-ring (bicyclic) bond motifs is 1. The van der Waals surface area contributed by atoms with Crippen LogP contribution in [0.1, 0.15) is 0 Å². The van der Waals surface area contributed by atoms with Gasteiger partial charge in [0.15, 0.2) is 5.82 Å². The van der Waals surface area contributed by atoms with Crippen molar-refractivity contribution in [2.24, 2.45) is 7.05 Å². The molecule has 0 saturated heterocycles. The summed E-state index contributed by atoms with van der Waals surface area (Å²) in [6.45, 7) is 0. The van der Waals surface area contributed by atoms with Gasteiger partial charge in [-0.2, -0.15) is 5.10 Å². The summed E-state index contributed by atoms with van der Waals surface area (Å²) in [6.07, 6.45) is 3.56. The highest BCUT2D eigenvalue weighted by Gasteiger charge is 2.17. The Hall–Kier alpha value is -2.51. The lowest BCUT2D eigenvalue weighted by molar-refractivity contribution is 0.770. The second-order valence-electron chi connectivity index (χ2n) is 5.50. The Morgan fingerprint density at radius 3 is 2.76 bits per heavy atom. The Balaban J connectivity index is 2.00. The zero-order valence-electron chi connectivity index (χ0n) is 13.1. The number of aryl methyl sites for hydroxylation is 1. The van der Waals surface area contributed by atoms with E-state index in [0.29, 0.717) is 32.5 Å². The first-order valence-corrected chi connectivity index (χ1v) is 8.57. The van der Waals surface area contributed by atoms with Gasteiger partial charge in [-0.15, -0.1) is 0 Å². The number of benzene rings is 1. The number of rotatable bonds is 2. The van der Waals surface area contributed by atoms with Gasteiger partial charge in [0.05, 0.1) is 16.2 Å². The molecule has 6 nitrogen and oxygen atoms in total. The molecule has 0 saturated carbocycles. The van der Waals surface area contributed by atoms with Crippen LogP contribution in [-0.4, -0.2) is 24.7 Å². The first-order chi connectivity index (χ1) is 12.0. The molecule has 0 spiro atoms. The number of nitrogen functional groups attached to an aromatic ring is 1. The summed E-state index contributed by atoms with van der Waals surface area (Å²) in [5.41, 5.74) is 9.44. The lowest BCUT2D eigenvalue weighted by atomic mass is 10.0. The maximum Gasteiger partial charge on any atom is 0.157 e. The monoisotopic (exact) mass is 414 g/mol. The maximum atomic E-state index is 6.42. The summed E-state index contributed by atoms with van der Waals surface area (Å²) in [5.74, 6) is 0.304. The summed E-state index contributed by atoms with van der Waals surface area (Å²) < 4.78 is 2.18. The van der Waals surface area contributed by atoms with Gasteiger partial charge < -0.3 is 5.73 Å². The number of aromatic nitrogens is 5. The largest absolute Gasteiger partial charge is 0.381 e. The molecule has 0 unspecified atom stereocenters. The van der Waals surface area contributed by atoms with Gasteiger partial charge in [-0.05, 0) is 40.2 Å². The molecule has 0 radical (unpaired) electrons. The molecule has 2 N–H and O–H groups in total. The molecule has 0 fully saturated rings. The third-order valence-electron chi connectivity index (χ3n) is 3.77. The van der Waals surface area contributed by atoms with Gasteiger partial charge in [-0.3, -0.25) is 9.67 Å². The predicted octanol–water partition coefficient (Wildman–Crippen LogP) is 4.09. The average Bonchev–Trinajstić information content (AvgIpc) is 3.03. The summed E-state index contributed by atoms with van der Waals surface area (Å²) in [6, 6.07) is 9.50. The van der Waals surface area contributed by atoms with Gasteiger partial charge in [0, 0.05) is 30.4 Å². The molecule has 0 aliphatic rings. The molecule has 124 valence electrons. The van der Waals surface area contributed by atoms with E-state index in [2.05, 4.69) is 36.0 Å². The molecule has 0 aliphatic carbocycles.